The van der Waals surface area contributed by atoms with E-state index in [1.807, 2.05) is 0 Å². The predicted octanol–water partition coefficient (Wildman–Crippen LogP) is 2.19. The highest BCUT2D eigenvalue weighted by Gasteiger charge is 2.41. The summed E-state index contributed by atoms with van der Waals surface area (Å²) in [4.78, 5) is -0.000833. The Labute approximate surface area is 124 Å². The topological polar surface area (TPSA) is 57.6 Å². The molecule has 21 heavy (non-hydrogen) atoms. The molecule has 0 heterocycles. The van der Waals surface area contributed by atoms with E-state index in [-0.39, 0.29) is 23.1 Å². The second-order valence-electron chi connectivity index (χ2n) is 6.11. The Bertz CT molecular complexity index is 651. The van der Waals surface area contributed by atoms with Crippen molar-refractivity contribution in [2.24, 2.45) is 5.92 Å². The van der Waals surface area contributed by atoms with Crippen molar-refractivity contribution in [2.45, 2.75) is 50.2 Å². The van der Waals surface area contributed by atoms with Crippen LogP contribution < -0.4 is 0 Å². The van der Waals surface area contributed by atoms with Crippen LogP contribution in [0.2, 0.25) is 0 Å². The highest BCUT2D eigenvalue weighted by Crippen LogP contribution is 2.38. The van der Waals surface area contributed by atoms with Gasteiger partial charge >= 0.3 is 0 Å². The van der Waals surface area contributed by atoms with Crippen LogP contribution in [0.25, 0.3) is 0 Å². The number of halogens is 1. The molecule has 2 saturated carbocycles. The standard InChI is InChI=1S/C15H20FNO3S/c1-10-14(16)6-12(9-18)7-15(10)21(19,20)17(13-4-5-13)8-11-2-3-11/h6-7,11,13,18H,2-5,8-9H2,1H3. The summed E-state index contributed by atoms with van der Waals surface area (Å²) < 4.78 is 41.3. The van der Waals surface area contributed by atoms with Crippen molar-refractivity contribution in [3.63, 3.8) is 0 Å². The van der Waals surface area contributed by atoms with Gasteiger partial charge in [0.15, 0.2) is 0 Å². The van der Waals surface area contributed by atoms with E-state index in [0.29, 0.717) is 18.0 Å². The van der Waals surface area contributed by atoms with Gasteiger partial charge in [0.05, 0.1) is 11.5 Å². The lowest BCUT2D eigenvalue weighted by molar-refractivity contribution is 0.280. The summed E-state index contributed by atoms with van der Waals surface area (Å²) in [5, 5.41) is 9.18. The van der Waals surface area contributed by atoms with Gasteiger partial charge in [0.25, 0.3) is 0 Å². The Balaban J connectivity index is 2.01. The molecule has 4 nitrogen and oxygen atoms in total. The Morgan fingerprint density at radius 1 is 1.29 bits per heavy atom. The largest absolute Gasteiger partial charge is 0.392 e. The Hall–Kier alpha value is -0.980. The third-order valence-electron chi connectivity index (χ3n) is 4.21. The SMILES string of the molecule is Cc1c(F)cc(CO)cc1S(=O)(=O)N(CC1CC1)C1CC1. The predicted molar refractivity (Wildman–Crippen MR) is 76.7 cm³/mol. The number of hydrogen-bond donors (Lipinski definition) is 1. The second-order valence-corrected chi connectivity index (χ2v) is 7.97. The molecule has 6 heteroatoms. The van der Waals surface area contributed by atoms with E-state index >= 15 is 0 Å². The maximum absolute atomic E-state index is 13.9. The van der Waals surface area contributed by atoms with Crippen molar-refractivity contribution in [3.8, 4) is 0 Å². The summed E-state index contributed by atoms with van der Waals surface area (Å²) in [6.07, 6.45) is 3.91. The molecule has 2 aliphatic carbocycles. The number of aliphatic hydroxyl groups is 1. The number of nitrogens with zero attached hydrogens (tertiary/aromatic N) is 1. The molecule has 0 atom stereocenters. The first-order valence-corrected chi connectivity index (χ1v) is 8.79. The molecule has 1 aromatic rings. The van der Waals surface area contributed by atoms with Crippen LogP contribution in [-0.4, -0.2) is 30.4 Å². The fourth-order valence-electron chi connectivity index (χ4n) is 2.55. The molecule has 0 unspecified atom stereocenters. The molecule has 1 aromatic carbocycles. The third kappa shape index (κ3) is 2.98. The molecule has 1 N–H and O–H groups in total. The van der Waals surface area contributed by atoms with Crippen LogP contribution in [0.4, 0.5) is 4.39 Å². The second kappa shape index (κ2) is 5.34. The van der Waals surface area contributed by atoms with E-state index in [9.17, 15) is 17.9 Å². The van der Waals surface area contributed by atoms with Crippen molar-refractivity contribution in [1.82, 2.24) is 4.31 Å². The lowest BCUT2D eigenvalue weighted by Crippen LogP contribution is -2.35. The van der Waals surface area contributed by atoms with Crippen molar-refractivity contribution >= 4 is 10.0 Å². The van der Waals surface area contributed by atoms with Gasteiger partial charge < -0.3 is 5.11 Å². The monoisotopic (exact) mass is 313 g/mol. The molecule has 0 aliphatic heterocycles. The molecule has 3 rings (SSSR count). The summed E-state index contributed by atoms with van der Waals surface area (Å²) in [5.41, 5.74) is 0.424. The quantitative estimate of drug-likeness (QED) is 0.876. The van der Waals surface area contributed by atoms with Crippen LogP contribution >= 0.6 is 0 Å². The number of benzene rings is 1. The molecule has 0 aromatic heterocycles. The van der Waals surface area contributed by atoms with Gasteiger partial charge in [-0.1, -0.05) is 0 Å². The van der Waals surface area contributed by atoms with Crippen LogP contribution in [-0.2, 0) is 16.6 Å². The van der Waals surface area contributed by atoms with E-state index in [1.54, 1.807) is 4.31 Å². The van der Waals surface area contributed by atoms with Crippen molar-refractivity contribution in [2.75, 3.05) is 6.54 Å². The van der Waals surface area contributed by atoms with Gasteiger partial charge in [-0.3, -0.25) is 0 Å². The van der Waals surface area contributed by atoms with Gasteiger partial charge in [-0.15, -0.1) is 0 Å². The first-order valence-electron chi connectivity index (χ1n) is 7.35. The van der Waals surface area contributed by atoms with Crippen LogP contribution in [0.3, 0.4) is 0 Å². The summed E-state index contributed by atoms with van der Waals surface area (Å²) >= 11 is 0. The number of sulfonamides is 1. The molecule has 0 radical (unpaired) electrons. The maximum atomic E-state index is 13.9. The summed E-state index contributed by atoms with van der Waals surface area (Å²) in [6, 6.07) is 2.66. The van der Waals surface area contributed by atoms with Gasteiger partial charge in [0.2, 0.25) is 10.0 Å². The lowest BCUT2D eigenvalue weighted by atomic mass is 10.1. The van der Waals surface area contributed by atoms with Crippen LogP contribution in [0.1, 0.15) is 36.8 Å². The fourth-order valence-corrected chi connectivity index (χ4v) is 4.60. The van der Waals surface area contributed by atoms with Gasteiger partial charge in [-0.25, -0.2) is 12.8 Å². The van der Waals surface area contributed by atoms with Crippen molar-refractivity contribution < 1.29 is 17.9 Å². The number of rotatable bonds is 6. The summed E-state index contributed by atoms with van der Waals surface area (Å²) in [7, 11) is -3.70. The van der Waals surface area contributed by atoms with E-state index in [4.69, 9.17) is 0 Å². The number of hydrogen-bond acceptors (Lipinski definition) is 3. The van der Waals surface area contributed by atoms with Gasteiger partial charge in [-0.2, -0.15) is 4.31 Å². The molecule has 0 spiro atoms. The smallest absolute Gasteiger partial charge is 0.243 e. The Kier molecular flexibility index (Phi) is 3.80. The molecule has 0 bridgehead atoms. The fraction of sp³-hybridized carbons (Fsp3) is 0.600. The van der Waals surface area contributed by atoms with Crippen LogP contribution in [0, 0.1) is 18.7 Å². The number of aliphatic hydroxyl groups excluding tert-OH is 1. The summed E-state index contributed by atoms with van der Waals surface area (Å²) in [5.74, 6) is -0.131. The first-order chi connectivity index (χ1) is 9.93. The third-order valence-corrected chi connectivity index (χ3v) is 6.26. The normalized spacial score (nSPS) is 19.2. The van der Waals surface area contributed by atoms with E-state index < -0.39 is 15.8 Å². The van der Waals surface area contributed by atoms with E-state index in [1.165, 1.54) is 19.1 Å². The van der Waals surface area contributed by atoms with Gasteiger partial charge in [0, 0.05) is 18.2 Å². The first kappa shape index (κ1) is 14.9. The highest BCUT2D eigenvalue weighted by molar-refractivity contribution is 7.89. The molecule has 2 fully saturated rings. The van der Waals surface area contributed by atoms with Crippen LogP contribution in [0.5, 0.6) is 0 Å². The maximum Gasteiger partial charge on any atom is 0.243 e. The molecule has 0 saturated heterocycles. The zero-order valence-corrected chi connectivity index (χ0v) is 12.9. The molecule has 0 amide bonds. The molecular weight excluding hydrogens is 293 g/mol. The average Bonchev–Trinajstić information content (AvgIpc) is 3.31. The van der Waals surface area contributed by atoms with Gasteiger partial charge in [0.1, 0.15) is 5.82 Å². The van der Waals surface area contributed by atoms with Crippen molar-refractivity contribution in [3.05, 3.63) is 29.1 Å². The summed E-state index contributed by atoms with van der Waals surface area (Å²) in [6.45, 7) is 1.65. The molecule has 116 valence electrons. The minimum atomic E-state index is -3.70. The average molecular weight is 313 g/mol. The van der Waals surface area contributed by atoms with E-state index in [0.717, 1.165) is 25.7 Å². The minimum Gasteiger partial charge on any atom is -0.392 e. The van der Waals surface area contributed by atoms with E-state index in [2.05, 4.69) is 0 Å². The Morgan fingerprint density at radius 2 is 1.95 bits per heavy atom. The highest BCUT2D eigenvalue weighted by atomic mass is 32.2. The molecule has 2 aliphatic rings. The molecular formula is C15H20FNO3S. The Morgan fingerprint density at radius 3 is 2.48 bits per heavy atom. The zero-order chi connectivity index (χ0) is 15.2. The minimum absolute atomic E-state index is 0.000833. The zero-order valence-electron chi connectivity index (χ0n) is 12.0. The van der Waals surface area contributed by atoms with Gasteiger partial charge in [-0.05, 0) is 56.2 Å². The van der Waals surface area contributed by atoms with Crippen molar-refractivity contribution in [1.29, 1.82) is 0 Å². The lowest BCUT2D eigenvalue weighted by Gasteiger charge is -2.23. The van der Waals surface area contributed by atoms with Crippen LogP contribution in [0.15, 0.2) is 17.0 Å².